The lowest BCUT2D eigenvalue weighted by molar-refractivity contribution is 0.0697. The Morgan fingerprint density at radius 2 is 2.12 bits per heavy atom. The second kappa shape index (κ2) is 9.50. The standard InChI is InChI=1S/C24H25N3O4S/c1-15-14-16(23(28)29)7-8-17(15)19-9-10-20(31-19)22-21(18-6-3-4-11-25-18)26-24(32)27(22)12-5-13-30-2/h3-4,6-11,14,21-22H,5,12-13H2,1-2H3,(H,26,32)(H,28,29)/t21-,22+/m1/s1. The number of hydrogen-bond donors (Lipinski definition) is 2. The molecule has 1 saturated heterocycles. The molecule has 7 nitrogen and oxygen atoms in total. The number of thiocarbonyl (C=S) groups is 1. The van der Waals surface area contributed by atoms with Gasteiger partial charge in [-0.15, -0.1) is 0 Å². The summed E-state index contributed by atoms with van der Waals surface area (Å²) in [5.41, 5.74) is 2.83. The van der Waals surface area contributed by atoms with Gasteiger partial charge in [-0.2, -0.15) is 0 Å². The molecule has 1 aliphatic heterocycles. The first-order valence-corrected chi connectivity index (χ1v) is 10.8. The van der Waals surface area contributed by atoms with Gasteiger partial charge in [-0.1, -0.05) is 12.1 Å². The van der Waals surface area contributed by atoms with Crippen LogP contribution in [0.2, 0.25) is 0 Å². The lowest BCUT2D eigenvalue weighted by atomic mass is 10.0. The van der Waals surface area contributed by atoms with Gasteiger partial charge in [0.25, 0.3) is 0 Å². The Hall–Kier alpha value is -3.23. The van der Waals surface area contributed by atoms with E-state index in [2.05, 4.69) is 15.2 Å². The predicted octanol–water partition coefficient (Wildman–Crippen LogP) is 4.36. The second-order valence-corrected chi connectivity index (χ2v) is 8.09. The number of furan rings is 1. The second-order valence-electron chi connectivity index (χ2n) is 7.70. The minimum Gasteiger partial charge on any atom is -0.478 e. The van der Waals surface area contributed by atoms with Crippen LogP contribution in [-0.4, -0.2) is 46.3 Å². The fourth-order valence-electron chi connectivity index (χ4n) is 4.06. The Kier molecular flexibility index (Phi) is 6.53. The van der Waals surface area contributed by atoms with Crippen molar-refractivity contribution >= 4 is 23.3 Å². The van der Waals surface area contributed by atoms with E-state index in [0.717, 1.165) is 35.5 Å². The summed E-state index contributed by atoms with van der Waals surface area (Å²) in [4.78, 5) is 17.9. The first-order valence-electron chi connectivity index (χ1n) is 10.4. The highest BCUT2D eigenvalue weighted by atomic mass is 32.1. The quantitative estimate of drug-likeness (QED) is 0.386. The molecule has 0 saturated carbocycles. The van der Waals surface area contributed by atoms with E-state index in [1.807, 2.05) is 37.3 Å². The zero-order valence-corrected chi connectivity index (χ0v) is 18.8. The Morgan fingerprint density at radius 3 is 2.81 bits per heavy atom. The van der Waals surface area contributed by atoms with Gasteiger partial charge in [0.15, 0.2) is 5.11 Å². The fourth-order valence-corrected chi connectivity index (χ4v) is 4.40. The summed E-state index contributed by atoms with van der Waals surface area (Å²) in [5, 5.41) is 13.3. The third-order valence-electron chi connectivity index (χ3n) is 5.60. The van der Waals surface area contributed by atoms with Crippen LogP contribution in [0.5, 0.6) is 0 Å². The number of carboxylic acid groups (broad SMARTS) is 1. The molecule has 2 aromatic heterocycles. The maximum Gasteiger partial charge on any atom is 0.335 e. The van der Waals surface area contributed by atoms with Gasteiger partial charge in [0.05, 0.1) is 17.3 Å². The number of hydrogen-bond acceptors (Lipinski definition) is 5. The Bertz CT molecular complexity index is 1120. The third-order valence-corrected chi connectivity index (χ3v) is 5.95. The van der Waals surface area contributed by atoms with Crippen LogP contribution in [0, 0.1) is 6.92 Å². The molecule has 0 spiro atoms. The lowest BCUT2D eigenvalue weighted by Crippen LogP contribution is -2.31. The summed E-state index contributed by atoms with van der Waals surface area (Å²) in [6.07, 6.45) is 2.60. The number of aryl methyl sites for hydroxylation is 1. The molecule has 0 bridgehead atoms. The van der Waals surface area contributed by atoms with E-state index < -0.39 is 5.97 Å². The van der Waals surface area contributed by atoms with Crippen LogP contribution in [0.25, 0.3) is 11.3 Å². The number of nitrogens with zero attached hydrogens (tertiary/aromatic N) is 2. The minimum absolute atomic E-state index is 0.152. The van der Waals surface area contributed by atoms with E-state index in [4.69, 9.17) is 21.4 Å². The number of aromatic nitrogens is 1. The molecule has 166 valence electrons. The number of nitrogens with one attached hydrogen (secondary N) is 1. The highest BCUT2D eigenvalue weighted by Crippen LogP contribution is 2.40. The Labute approximate surface area is 192 Å². The van der Waals surface area contributed by atoms with Crippen LogP contribution in [0.3, 0.4) is 0 Å². The van der Waals surface area contributed by atoms with E-state index in [1.165, 1.54) is 0 Å². The van der Waals surface area contributed by atoms with Crippen molar-refractivity contribution in [2.24, 2.45) is 0 Å². The SMILES string of the molecule is COCCCN1C(=S)N[C@H](c2ccccn2)[C@@H]1c1ccc(-c2ccc(C(=O)O)cc2C)o1. The van der Waals surface area contributed by atoms with Crippen LogP contribution >= 0.6 is 12.2 Å². The summed E-state index contributed by atoms with van der Waals surface area (Å²) in [5.74, 6) is 0.501. The molecule has 32 heavy (non-hydrogen) atoms. The first kappa shape index (κ1) is 22.0. The topological polar surface area (TPSA) is 87.8 Å². The number of pyridine rings is 1. The summed E-state index contributed by atoms with van der Waals surface area (Å²) in [6.45, 7) is 3.23. The van der Waals surface area contributed by atoms with Gasteiger partial charge in [-0.25, -0.2) is 4.79 Å². The predicted molar refractivity (Wildman–Crippen MR) is 124 cm³/mol. The number of carboxylic acids is 1. The molecule has 1 aromatic carbocycles. The molecular weight excluding hydrogens is 426 g/mol. The molecule has 2 atom stereocenters. The van der Waals surface area contributed by atoms with Crippen molar-refractivity contribution in [1.82, 2.24) is 15.2 Å². The van der Waals surface area contributed by atoms with Gasteiger partial charge in [0.2, 0.25) is 0 Å². The molecular formula is C24H25N3O4S. The lowest BCUT2D eigenvalue weighted by Gasteiger charge is -2.26. The molecule has 0 aliphatic carbocycles. The van der Waals surface area contributed by atoms with E-state index >= 15 is 0 Å². The largest absolute Gasteiger partial charge is 0.478 e. The average molecular weight is 452 g/mol. The molecule has 3 aromatic rings. The molecule has 2 N–H and O–H groups in total. The van der Waals surface area contributed by atoms with Crippen LogP contribution in [0.1, 0.15) is 45.9 Å². The summed E-state index contributed by atoms with van der Waals surface area (Å²) in [7, 11) is 1.69. The van der Waals surface area contributed by atoms with Crippen molar-refractivity contribution in [3.63, 3.8) is 0 Å². The molecule has 4 rings (SSSR count). The van der Waals surface area contributed by atoms with E-state index in [-0.39, 0.29) is 17.6 Å². The van der Waals surface area contributed by atoms with Gasteiger partial charge in [-0.3, -0.25) is 4.98 Å². The molecule has 8 heteroatoms. The fraction of sp³-hybridized carbons (Fsp3) is 0.292. The number of benzene rings is 1. The molecule has 1 fully saturated rings. The van der Waals surface area contributed by atoms with Gasteiger partial charge in [0, 0.05) is 32.0 Å². The number of aromatic carboxylic acids is 1. The number of methoxy groups -OCH3 is 1. The van der Waals surface area contributed by atoms with E-state index in [9.17, 15) is 9.90 Å². The Balaban J connectivity index is 1.69. The van der Waals surface area contributed by atoms with Crippen molar-refractivity contribution in [2.45, 2.75) is 25.4 Å². The van der Waals surface area contributed by atoms with Crippen molar-refractivity contribution in [3.05, 3.63) is 77.3 Å². The monoisotopic (exact) mass is 451 g/mol. The molecule has 0 amide bonds. The normalized spacial score (nSPS) is 18.1. The molecule has 0 radical (unpaired) electrons. The van der Waals surface area contributed by atoms with Crippen molar-refractivity contribution in [2.75, 3.05) is 20.3 Å². The molecule has 1 aliphatic rings. The molecule has 3 heterocycles. The first-order chi connectivity index (χ1) is 15.5. The highest BCUT2D eigenvalue weighted by Gasteiger charge is 2.41. The van der Waals surface area contributed by atoms with Crippen molar-refractivity contribution in [3.8, 4) is 11.3 Å². The summed E-state index contributed by atoms with van der Waals surface area (Å²) in [6, 6.07) is 14.4. The molecule has 0 unspecified atom stereocenters. The number of ether oxygens (including phenoxy) is 1. The van der Waals surface area contributed by atoms with Crippen LogP contribution in [0.15, 0.2) is 59.1 Å². The van der Waals surface area contributed by atoms with Crippen molar-refractivity contribution in [1.29, 1.82) is 0 Å². The maximum atomic E-state index is 11.3. The third kappa shape index (κ3) is 4.37. The number of carbonyl (C=O) groups is 1. The summed E-state index contributed by atoms with van der Waals surface area (Å²) >= 11 is 5.65. The van der Waals surface area contributed by atoms with Gasteiger partial charge in [0.1, 0.15) is 17.6 Å². The average Bonchev–Trinajstić information content (AvgIpc) is 3.39. The van der Waals surface area contributed by atoms with Crippen LogP contribution in [-0.2, 0) is 4.74 Å². The minimum atomic E-state index is -0.949. The highest BCUT2D eigenvalue weighted by molar-refractivity contribution is 7.80. The van der Waals surface area contributed by atoms with Gasteiger partial charge < -0.3 is 24.5 Å². The zero-order chi connectivity index (χ0) is 22.7. The van der Waals surface area contributed by atoms with Crippen LogP contribution < -0.4 is 5.32 Å². The smallest absolute Gasteiger partial charge is 0.335 e. The van der Waals surface area contributed by atoms with E-state index in [1.54, 1.807) is 31.5 Å². The summed E-state index contributed by atoms with van der Waals surface area (Å²) < 4.78 is 11.5. The van der Waals surface area contributed by atoms with Gasteiger partial charge >= 0.3 is 5.97 Å². The Morgan fingerprint density at radius 1 is 1.28 bits per heavy atom. The van der Waals surface area contributed by atoms with Gasteiger partial charge in [-0.05, 0) is 67.5 Å². The maximum absolute atomic E-state index is 11.3. The van der Waals surface area contributed by atoms with Crippen LogP contribution in [0.4, 0.5) is 0 Å². The van der Waals surface area contributed by atoms with E-state index in [0.29, 0.717) is 17.5 Å². The zero-order valence-electron chi connectivity index (χ0n) is 17.9. The number of rotatable bonds is 8. The van der Waals surface area contributed by atoms with Crippen molar-refractivity contribution < 1.29 is 19.1 Å².